The maximum atomic E-state index is 5.48. The molecule has 1 aliphatic rings. The van der Waals surface area contributed by atoms with Gasteiger partial charge in [0.25, 0.3) is 0 Å². The number of rotatable bonds is 6. The zero-order valence-corrected chi connectivity index (χ0v) is 13.8. The molecule has 0 spiro atoms. The minimum atomic E-state index is 0.560. The van der Waals surface area contributed by atoms with Crippen LogP contribution in [0.3, 0.4) is 0 Å². The molecule has 0 bridgehead atoms. The van der Waals surface area contributed by atoms with E-state index >= 15 is 0 Å². The molecule has 0 amide bonds. The second kappa shape index (κ2) is 7.58. The van der Waals surface area contributed by atoms with Crippen molar-refractivity contribution < 1.29 is 9.47 Å². The maximum Gasteiger partial charge on any atom is 0.145 e. The fourth-order valence-electron chi connectivity index (χ4n) is 3.44. The molecule has 2 atom stereocenters. The van der Waals surface area contributed by atoms with Crippen molar-refractivity contribution in [2.75, 3.05) is 19.5 Å². The summed E-state index contributed by atoms with van der Waals surface area (Å²) in [6.45, 7) is 4.65. The van der Waals surface area contributed by atoms with Crippen LogP contribution >= 0.6 is 0 Å². The number of ether oxygens (including phenoxy) is 2. The van der Waals surface area contributed by atoms with Crippen molar-refractivity contribution in [1.82, 2.24) is 0 Å². The van der Waals surface area contributed by atoms with Crippen molar-refractivity contribution in [3.8, 4) is 11.5 Å². The van der Waals surface area contributed by atoms with E-state index in [1.54, 1.807) is 14.2 Å². The average Bonchev–Trinajstić information content (AvgIpc) is 2.47. The topological polar surface area (TPSA) is 30.5 Å². The van der Waals surface area contributed by atoms with Crippen molar-refractivity contribution in [2.45, 2.75) is 52.0 Å². The van der Waals surface area contributed by atoms with Gasteiger partial charge < -0.3 is 14.8 Å². The normalized spacial score (nSPS) is 22.1. The molecular weight excluding hydrogens is 262 g/mol. The number of methoxy groups -OCH3 is 2. The van der Waals surface area contributed by atoms with E-state index in [-0.39, 0.29) is 0 Å². The molecule has 3 heteroatoms. The molecule has 2 unspecified atom stereocenters. The summed E-state index contributed by atoms with van der Waals surface area (Å²) in [4.78, 5) is 0. The van der Waals surface area contributed by atoms with Gasteiger partial charge in [0.15, 0.2) is 0 Å². The summed E-state index contributed by atoms with van der Waals surface area (Å²) >= 11 is 0. The highest BCUT2D eigenvalue weighted by atomic mass is 16.5. The number of hydrogen-bond acceptors (Lipinski definition) is 3. The second-order valence-corrected chi connectivity index (χ2v) is 6.57. The number of nitrogens with one attached hydrogen (secondary N) is 1. The highest BCUT2D eigenvalue weighted by molar-refractivity contribution is 5.59. The number of hydrogen-bond donors (Lipinski definition) is 1. The molecule has 1 fully saturated rings. The van der Waals surface area contributed by atoms with Gasteiger partial charge in [-0.2, -0.15) is 0 Å². The van der Waals surface area contributed by atoms with Crippen LogP contribution in [0.25, 0.3) is 0 Å². The Kier molecular flexibility index (Phi) is 5.77. The molecule has 0 radical (unpaired) electrons. The Bertz CT molecular complexity index is 445. The van der Waals surface area contributed by atoms with E-state index in [1.165, 1.54) is 32.1 Å². The Morgan fingerprint density at radius 2 is 2.00 bits per heavy atom. The lowest BCUT2D eigenvalue weighted by atomic mass is 9.81. The molecule has 0 aromatic heterocycles. The molecule has 1 aliphatic carbocycles. The van der Waals surface area contributed by atoms with E-state index in [9.17, 15) is 0 Å². The molecule has 1 N–H and O–H groups in total. The summed E-state index contributed by atoms with van der Waals surface area (Å²) in [5.41, 5.74) is 1.08. The van der Waals surface area contributed by atoms with Crippen LogP contribution < -0.4 is 14.8 Å². The number of anilines is 1. The van der Waals surface area contributed by atoms with Crippen LogP contribution in [0.4, 0.5) is 5.69 Å². The fourth-order valence-corrected chi connectivity index (χ4v) is 3.44. The van der Waals surface area contributed by atoms with Gasteiger partial charge in [0.05, 0.1) is 19.9 Å². The highest BCUT2D eigenvalue weighted by Gasteiger charge is 2.23. The third-order valence-electron chi connectivity index (χ3n) is 4.36. The first kappa shape index (κ1) is 16.0. The Balaban J connectivity index is 2.00. The van der Waals surface area contributed by atoms with Crippen LogP contribution in [0.1, 0.15) is 46.0 Å². The minimum Gasteiger partial charge on any atom is -0.497 e. The molecule has 0 aliphatic heterocycles. The summed E-state index contributed by atoms with van der Waals surface area (Å²) in [5.74, 6) is 3.35. The lowest BCUT2D eigenvalue weighted by molar-refractivity contribution is 0.288. The molecule has 1 aromatic carbocycles. The molecule has 3 nitrogen and oxygen atoms in total. The van der Waals surface area contributed by atoms with E-state index in [1.807, 2.05) is 12.1 Å². The van der Waals surface area contributed by atoms with Gasteiger partial charge in [0, 0.05) is 12.1 Å². The van der Waals surface area contributed by atoms with Gasteiger partial charge in [-0.25, -0.2) is 0 Å². The molecule has 1 saturated carbocycles. The third kappa shape index (κ3) is 4.55. The molecule has 1 aromatic rings. The second-order valence-electron chi connectivity index (χ2n) is 6.57. The van der Waals surface area contributed by atoms with Crippen LogP contribution in [-0.2, 0) is 0 Å². The standard InChI is InChI=1S/C18H29NO2/c1-13(2)10-14-6-5-7-15(11-14)19-17-9-8-16(20-3)12-18(17)21-4/h8-9,12-15,19H,5-7,10-11H2,1-4H3. The van der Waals surface area contributed by atoms with E-state index in [0.717, 1.165) is 29.0 Å². The van der Waals surface area contributed by atoms with Crippen molar-refractivity contribution in [3.63, 3.8) is 0 Å². The molecule has 2 rings (SSSR count). The van der Waals surface area contributed by atoms with E-state index in [4.69, 9.17) is 9.47 Å². The summed E-state index contributed by atoms with van der Waals surface area (Å²) < 4.78 is 10.7. The Morgan fingerprint density at radius 3 is 2.67 bits per heavy atom. The Labute approximate surface area is 129 Å². The summed E-state index contributed by atoms with van der Waals surface area (Å²) in [6, 6.07) is 6.55. The highest BCUT2D eigenvalue weighted by Crippen LogP contribution is 2.34. The largest absolute Gasteiger partial charge is 0.497 e. The molecule has 0 heterocycles. The van der Waals surface area contributed by atoms with Gasteiger partial charge in [-0.05, 0) is 43.2 Å². The fraction of sp³-hybridized carbons (Fsp3) is 0.667. The van der Waals surface area contributed by atoms with E-state index < -0.39 is 0 Å². The van der Waals surface area contributed by atoms with Crippen molar-refractivity contribution in [1.29, 1.82) is 0 Å². The van der Waals surface area contributed by atoms with E-state index in [2.05, 4.69) is 25.2 Å². The van der Waals surface area contributed by atoms with Gasteiger partial charge in [-0.15, -0.1) is 0 Å². The quantitative estimate of drug-likeness (QED) is 0.822. The van der Waals surface area contributed by atoms with Crippen LogP contribution in [0.15, 0.2) is 18.2 Å². The summed E-state index contributed by atoms with van der Waals surface area (Å²) in [5, 5.41) is 3.67. The van der Waals surface area contributed by atoms with Gasteiger partial charge in [-0.1, -0.05) is 26.7 Å². The first-order valence-electron chi connectivity index (χ1n) is 8.11. The zero-order chi connectivity index (χ0) is 15.2. The Hall–Kier alpha value is -1.38. The lowest BCUT2D eigenvalue weighted by Gasteiger charge is -2.31. The third-order valence-corrected chi connectivity index (χ3v) is 4.36. The molecule has 21 heavy (non-hydrogen) atoms. The van der Waals surface area contributed by atoms with Gasteiger partial charge in [-0.3, -0.25) is 0 Å². The van der Waals surface area contributed by atoms with Crippen molar-refractivity contribution >= 4 is 5.69 Å². The maximum absolute atomic E-state index is 5.48. The monoisotopic (exact) mass is 291 g/mol. The van der Waals surface area contributed by atoms with Crippen molar-refractivity contribution in [3.05, 3.63) is 18.2 Å². The van der Waals surface area contributed by atoms with Gasteiger partial charge in [0.1, 0.15) is 11.5 Å². The number of benzene rings is 1. The van der Waals surface area contributed by atoms with Crippen LogP contribution in [0, 0.1) is 11.8 Å². The average molecular weight is 291 g/mol. The lowest BCUT2D eigenvalue weighted by Crippen LogP contribution is -2.28. The van der Waals surface area contributed by atoms with Crippen LogP contribution in [-0.4, -0.2) is 20.3 Å². The predicted molar refractivity (Wildman–Crippen MR) is 88.4 cm³/mol. The zero-order valence-electron chi connectivity index (χ0n) is 13.8. The van der Waals surface area contributed by atoms with Gasteiger partial charge in [0.2, 0.25) is 0 Å². The predicted octanol–water partition coefficient (Wildman–Crippen LogP) is 4.72. The Morgan fingerprint density at radius 1 is 1.19 bits per heavy atom. The van der Waals surface area contributed by atoms with E-state index in [0.29, 0.717) is 6.04 Å². The SMILES string of the molecule is COc1ccc(NC2CCCC(CC(C)C)C2)c(OC)c1. The van der Waals surface area contributed by atoms with Crippen LogP contribution in [0.5, 0.6) is 11.5 Å². The first-order chi connectivity index (χ1) is 10.1. The van der Waals surface area contributed by atoms with Crippen LogP contribution in [0.2, 0.25) is 0 Å². The smallest absolute Gasteiger partial charge is 0.145 e. The minimum absolute atomic E-state index is 0.560. The summed E-state index contributed by atoms with van der Waals surface area (Å²) in [7, 11) is 3.39. The molecular formula is C18H29NO2. The summed E-state index contributed by atoms with van der Waals surface area (Å²) in [6.07, 6.45) is 6.58. The first-order valence-corrected chi connectivity index (χ1v) is 8.11. The van der Waals surface area contributed by atoms with Gasteiger partial charge >= 0.3 is 0 Å². The molecule has 0 saturated heterocycles. The molecule has 118 valence electrons. The van der Waals surface area contributed by atoms with Crippen molar-refractivity contribution in [2.24, 2.45) is 11.8 Å².